The maximum Gasteiger partial charge on any atom is 0.203 e. The molecule has 4 heteroatoms. The van der Waals surface area contributed by atoms with E-state index in [-0.39, 0.29) is 5.41 Å². The number of hydrogen-bond acceptors (Lipinski definition) is 4. The van der Waals surface area contributed by atoms with E-state index in [0.29, 0.717) is 22.8 Å². The van der Waals surface area contributed by atoms with Crippen LogP contribution in [-0.2, 0) is 5.41 Å². The Morgan fingerprint density at radius 1 is 0.647 bits per heavy atom. The van der Waals surface area contributed by atoms with E-state index >= 15 is 0 Å². The summed E-state index contributed by atoms with van der Waals surface area (Å²) in [5.41, 5.74) is 5.74. The summed E-state index contributed by atoms with van der Waals surface area (Å²) in [6.45, 7) is 6.63. The van der Waals surface area contributed by atoms with Crippen molar-refractivity contribution in [3.8, 4) is 39.5 Å². The van der Waals surface area contributed by atoms with Gasteiger partial charge in [-0.05, 0) is 50.6 Å². The smallest absolute Gasteiger partial charge is 0.203 e. The molecule has 34 heavy (non-hydrogen) atoms. The molecular weight excluding hydrogens is 424 g/mol. The van der Waals surface area contributed by atoms with Crippen LogP contribution in [0, 0.1) is 0 Å². The molecule has 0 aliphatic carbocycles. The van der Waals surface area contributed by atoms with Crippen molar-refractivity contribution in [3.63, 3.8) is 0 Å². The molecule has 0 bridgehead atoms. The van der Waals surface area contributed by atoms with E-state index in [0.717, 1.165) is 39.3 Å². The molecule has 0 unspecified atom stereocenters. The van der Waals surface area contributed by atoms with Crippen LogP contribution in [-0.4, -0.2) is 27.6 Å². The molecule has 0 fully saturated rings. The van der Waals surface area contributed by atoms with Crippen LogP contribution < -0.4 is 14.2 Å². The van der Waals surface area contributed by atoms with Crippen molar-refractivity contribution in [2.24, 2.45) is 0 Å². The number of rotatable bonds is 6. The monoisotopic (exact) mass is 454 g/mol. The van der Waals surface area contributed by atoms with Crippen LogP contribution >= 0.6 is 0 Å². The second-order valence-corrected chi connectivity index (χ2v) is 9.25. The third-order valence-corrected chi connectivity index (χ3v) is 6.28. The second kappa shape index (κ2) is 9.22. The molecule has 0 aliphatic heterocycles. The molecule has 0 heterocycles. The molecule has 0 aliphatic rings. The Bertz CT molecular complexity index is 1350. The molecular formula is C30H30O4. The average Bonchev–Trinajstić information content (AvgIpc) is 2.86. The highest BCUT2D eigenvalue weighted by Crippen LogP contribution is 2.46. The summed E-state index contributed by atoms with van der Waals surface area (Å²) in [6, 6.07) is 22.5. The lowest BCUT2D eigenvalue weighted by Crippen LogP contribution is -2.10. The lowest BCUT2D eigenvalue weighted by Gasteiger charge is -2.20. The first kappa shape index (κ1) is 23.4. The Balaban J connectivity index is 1.92. The predicted octanol–water partition coefficient (Wildman–Crippen LogP) is 7.31. The van der Waals surface area contributed by atoms with E-state index in [1.165, 1.54) is 5.56 Å². The minimum absolute atomic E-state index is 0.0926. The van der Waals surface area contributed by atoms with E-state index in [1.807, 2.05) is 30.3 Å². The first-order valence-electron chi connectivity index (χ1n) is 11.2. The first-order valence-corrected chi connectivity index (χ1v) is 11.2. The van der Waals surface area contributed by atoms with Crippen molar-refractivity contribution in [1.82, 2.24) is 0 Å². The van der Waals surface area contributed by atoms with Gasteiger partial charge in [-0.15, -0.1) is 0 Å². The number of carbonyl (C=O) groups excluding carboxylic acids is 1. The van der Waals surface area contributed by atoms with Gasteiger partial charge in [-0.1, -0.05) is 75.4 Å². The Kier molecular flexibility index (Phi) is 6.34. The summed E-state index contributed by atoms with van der Waals surface area (Å²) in [5, 5.41) is 1.91. The zero-order chi connectivity index (χ0) is 24.5. The van der Waals surface area contributed by atoms with Crippen molar-refractivity contribution in [2.75, 3.05) is 21.3 Å². The molecule has 4 rings (SSSR count). The third-order valence-electron chi connectivity index (χ3n) is 6.28. The van der Waals surface area contributed by atoms with Gasteiger partial charge in [-0.3, -0.25) is 4.79 Å². The van der Waals surface area contributed by atoms with Gasteiger partial charge in [0.1, 0.15) is 0 Å². The molecule has 0 spiro atoms. The maximum atomic E-state index is 12.4. The highest BCUT2D eigenvalue weighted by atomic mass is 16.5. The molecule has 4 nitrogen and oxygen atoms in total. The molecule has 0 saturated heterocycles. The minimum atomic E-state index is 0.0926. The summed E-state index contributed by atoms with van der Waals surface area (Å²) >= 11 is 0. The number of carbonyl (C=O) groups is 1. The standard InChI is InChI=1S/C30H30O4/c1-30(2,3)20-12-10-19(11-13-20)21-8-7-9-22-23(21)14-15-24(26(22)18-31)25-16-17-27(32-4)29(34-6)28(25)33-5/h7-18H,1-6H3. The fraction of sp³-hybridized carbons (Fsp3) is 0.233. The summed E-state index contributed by atoms with van der Waals surface area (Å²) in [6.07, 6.45) is 0.917. The van der Waals surface area contributed by atoms with Crippen LogP contribution in [0.25, 0.3) is 33.0 Å². The first-order chi connectivity index (χ1) is 16.3. The van der Waals surface area contributed by atoms with Crippen molar-refractivity contribution in [2.45, 2.75) is 26.2 Å². The van der Waals surface area contributed by atoms with E-state index in [9.17, 15) is 4.79 Å². The number of ether oxygens (including phenoxy) is 3. The molecule has 4 aromatic rings. The summed E-state index contributed by atoms with van der Waals surface area (Å²) < 4.78 is 16.7. The van der Waals surface area contributed by atoms with Crippen molar-refractivity contribution in [1.29, 1.82) is 0 Å². The summed E-state index contributed by atoms with van der Waals surface area (Å²) in [5.74, 6) is 1.59. The molecule has 0 aromatic heterocycles. The largest absolute Gasteiger partial charge is 0.493 e. The normalized spacial score (nSPS) is 11.4. The molecule has 0 atom stereocenters. The fourth-order valence-electron chi connectivity index (χ4n) is 4.46. The summed E-state index contributed by atoms with van der Waals surface area (Å²) in [7, 11) is 4.74. The van der Waals surface area contributed by atoms with Crippen molar-refractivity contribution >= 4 is 17.1 Å². The second-order valence-electron chi connectivity index (χ2n) is 9.25. The van der Waals surface area contributed by atoms with E-state index in [1.54, 1.807) is 21.3 Å². The van der Waals surface area contributed by atoms with Gasteiger partial charge in [0.2, 0.25) is 5.75 Å². The van der Waals surface area contributed by atoms with Gasteiger partial charge < -0.3 is 14.2 Å². The Morgan fingerprint density at radius 3 is 1.91 bits per heavy atom. The van der Waals surface area contributed by atoms with Crippen LogP contribution in [0.4, 0.5) is 0 Å². The number of benzene rings is 4. The molecule has 0 amide bonds. The van der Waals surface area contributed by atoms with Crippen LogP contribution in [0.15, 0.2) is 66.7 Å². The highest BCUT2D eigenvalue weighted by molar-refractivity contribution is 6.09. The van der Waals surface area contributed by atoms with Gasteiger partial charge in [-0.25, -0.2) is 0 Å². The minimum Gasteiger partial charge on any atom is -0.493 e. The molecule has 4 aromatic carbocycles. The number of aldehydes is 1. The van der Waals surface area contributed by atoms with Crippen LogP contribution in [0.5, 0.6) is 17.2 Å². The lowest BCUT2D eigenvalue weighted by molar-refractivity contribution is 0.112. The van der Waals surface area contributed by atoms with Crippen LogP contribution in [0.3, 0.4) is 0 Å². The van der Waals surface area contributed by atoms with Gasteiger partial charge in [0.25, 0.3) is 0 Å². The van der Waals surface area contributed by atoms with Crippen LogP contribution in [0.2, 0.25) is 0 Å². The van der Waals surface area contributed by atoms with Gasteiger partial charge in [-0.2, -0.15) is 0 Å². The SMILES string of the molecule is COc1ccc(-c2ccc3c(-c4ccc(C(C)(C)C)cc4)cccc3c2C=O)c(OC)c1OC. The number of fused-ring (bicyclic) bond motifs is 1. The van der Waals surface area contributed by atoms with Crippen molar-refractivity contribution in [3.05, 3.63) is 77.9 Å². The quantitative estimate of drug-likeness (QED) is 0.287. The molecule has 0 saturated carbocycles. The summed E-state index contributed by atoms with van der Waals surface area (Å²) in [4.78, 5) is 12.4. The van der Waals surface area contributed by atoms with E-state index in [2.05, 4.69) is 57.2 Å². The zero-order valence-electron chi connectivity index (χ0n) is 20.6. The van der Waals surface area contributed by atoms with Crippen LogP contribution in [0.1, 0.15) is 36.7 Å². The van der Waals surface area contributed by atoms with E-state index in [4.69, 9.17) is 14.2 Å². The number of hydrogen-bond donors (Lipinski definition) is 0. The zero-order valence-corrected chi connectivity index (χ0v) is 20.6. The Morgan fingerprint density at radius 2 is 1.32 bits per heavy atom. The Hall–Kier alpha value is -3.79. The average molecular weight is 455 g/mol. The van der Waals surface area contributed by atoms with Gasteiger partial charge in [0, 0.05) is 11.1 Å². The molecule has 0 radical (unpaired) electrons. The lowest BCUT2D eigenvalue weighted by atomic mass is 9.85. The maximum absolute atomic E-state index is 12.4. The van der Waals surface area contributed by atoms with Gasteiger partial charge in [0.15, 0.2) is 17.8 Å². The highest BCUT2D eigenvalue weighted by Gasteiger charge is 2.21. The van der Waals surface area contributed by atoms with Gasteiger partial charge in [0.05, 0.1) is 21.3 Å². The predicted molar refractivity (Wildman–Crippen MR) is 139 cm³/mol. The van der Waals surface area contributed by atoms with E-state index < -0.39 is 0 Å². The Labute approximate surface area is 201 Å². The number of methoxy groups -OCH3 is 3. The third kappa shape index (κ3) is 4.01. The molecule has 174 valence electrons. The molecule has 0 N–H and O–H groups in total. The van der Waals surface area contributed by atoms with Gasteiger partial charge >= 0.3 is 0 Å². The fourth-order valence-corrected chi connectivity index (χ4v) is 4.46. The topological polar surface area (TPSA) is 44.8 Å². The van der Waals surface area contributed by atoms with Crippen molar-refractivity contribution < 1.29 is 19.0 Å².